The molecule has 1 aliphatic rings. The van der Waals surface area contributed by atoms with Gasteiger partial charge in [-0.1, -0.05) is 19.3 Å². The van der Waals surface area contributed by atoms with E-state index in [-0.39, 0.29) is 29.5 Å². The highest BCUT2D eigenvalue weighted by molar-refractivity contribution is 5.69. The number of carbonyl (C=O) groups is 1. The fourth-order valence-corrected chi connectivity index (χ4v) is 4.47. The van der Waals surface area contributed by atoms with Gasteiger partial charge in [0.15, 0.2) is 0 Å². The van der Waals surface area contributed by atoms with E-state index in [2.05, 4.69) is 4.98 Å². The number of aliphatic hydroxyl groups is 3. The standard InChI is InChI=1S/C23H36FNO5/c1-15(2)30-23(29)8-6-4-3-5-7-16-17(22(28)13-21(16)27)9-10-20(26)18-11-12-25-14-19(18)24/h11-12,14-17,20-22,26-28H,3-10,13H2,1-2H3/t16-,17?,20?,21+,22-/m1/s1. The fraction of sp³-hybridized carbons (Fsp3) is 0.739. The van der Waals surface area contributed by atoms with Crippen molar-refractivity contribution in [2.45, 2.75) is 96.1 Å². The Morgan fingerprint density at radius 3 is 2.50 bits per heavy atom. The Morgan fingerprint density at radius 1 is 1.17 bits per heavy atom. The van der Waals surface area contributed by atoms with Gasteiger partial charge < -0.3 is 20.1 Å². The second kappa shape index (κ2) is 12.3. The van der Waals surface area contributed by atoms with Crippen molar-refractivity contribution in [3.63, 3.8) is 0 Å². The molecule has 1 aromatic rings. The zero-order chi connectivity index (χ0) is 22.1. The van der Waals surface area contributed by atoms with E-state index in [1.807, 2.05) is 13.8 Å². The molecule has 0 spiro atoms. The van der Waals surface area contributed by atoms with Crippen molar-refractivity contribution in [1.29, 1.82) is 0 Å². The van der Waals surface area contributed by atoms with E-state index in [1.165, 1.54) is 12.3 Å². The van der Waals surface area contributed by atoms with Crippen LogP contribution in [0.15, 0.2) is 18.5 Å². The Hall–Kier alpha value is -1.57. The second-order valence-electron chi connectivity index (χ2n) is 8.68. The predicted octanol–water partition coefficient (Wildman–Crippen LogP) is 3.68. The lowest BCUT2D eigenvalue weighted by atomic mass is 9.84. The monoisotopic (exact) mass is 425 g/mol. The van der Waals surface area contributed by atoms with Crippen molar-refractivity contribution in [2.24, 2.45) is 11.8 Å². The van der Waals surface area contributed by atoms with Gasteiger partial charge in [-0.25, -0.2) is 4.39 Å². The molecule has 0 bridgehead atoms. The molecule has 0 saturated heterocycles. The van der Waals surface area contributed by atoms with Crippen LogP contribution in [0, 0.1) is 17.7 Å². The van der Waals surface area contributed by atoms with E-state index in [1.54, 1.807) is 0 Å². The molecule has 7 heteroatoms. The number of aliphatic hydroxyl groups excluding tert-OH is 3. The van der Waals surface area contributed by atoms with Crippen LogP contribution in [0.25, 0.3) is 0 Å². The second-order valence-corrected chi connectivity index (χ2v) is 8.68. The number of esters is 1. The van der Waals surface area contributed by atoms with Gasteiger partial charge in [-0.15, -0.1) is 0 Å². The topological polar surface area (TPSA) is 99.9 Å². The Balaban J connectivity index is 1.73. The summed E-state index contributed by atoms with van der Waals surface area (Å²) in [5.74, 6) is -0.838. The SMILES string of the molecule is CC(C)OC(=O)CCCCCC[C@@H]1C(CCC(O)c2ccncc2F)[C@H](O)C[C@@H]1O. The van der Waals surface area contributed by atoms with Crippen LogP contribution >= 0.6 is 0 Å². The smallest absolute Gasteiger partial charge is 0.306 e. The maximum absolute atomic E-state index is 13.8. The number of pyridine rings is 1. The number of halogens is 1. The molecular formula is C23H36FNO5. The summed E-state index contributed by atoms with van der Waals surface area (Å²) in [6.45, 7) is 3.67. The summed E-state index contributed by atoms with van der Waals surface area (Å²) in [6, 6.07) is 1.47. The van der Waals surface area contributed by atoms with Crippen LogP contribution in [0.5, 0.6) is 0 Å². The van der Waals surface area contributed by atoms with E-state index < -0.39 is 24.1 Å². The van der Waals surface area contributed by atoms with Gasteiger partial charge in [0.1, 0.15) is 5.82 Å². The highest BCUT2D eigenvalue weighted by atomic mass is 19.1. The summed E-state index contributed by atoms with van der Waals surface area (Å²) in [7, 11) is 0. The number of rotatable bonds is 12. The van der Waals surface area contributed by atoms with Crippen LogP contribution in [-0.2, 0) is 9.53 Å². The summed E-state index contributed by atoms with van der Waals surface area (Å²) >= 11 is 0. The minimum Gasteiger partial charge on any atom is -0.463 e. The molecule has 30 heavy (non-hydrogen) atoms. The minimum atomic E-state index is -0.954. The average molecular weight is 426 g/mol. The number of aromatic nitrogens is 1. The van der Waals surface area contributed by atoms with Crippen LogP contribution < -0.4 is 0 Å². The molecule has 170 valence electrons. The summed E-state index contributed by atoms with van der Waals surface area (Å²) < 4.78 is 18.9. The largest absolute Gasteiger partial charge is 0.463 e. The molecule has 1 saturated carbocycles. The molecule has 0 amide bonds. The molecule has 0 radical (unpaired) electrons. The third-order valence-corrected chi connectivity index (χ3v) is 5.99. The molecule has 2 rings (SSSR count). The first-order valence-electron chi connectivity index (χ1n) is 11.1. The van der Waals surface area contributed by atoms with Crippen LogP contribution in [0.4, 0.5) is 4.39 Å². The maximum atomic E-state index is 13.8. The van der Waals surface area contributed by atoms with Crippen molar-refractivity contribution >= 4 is 5.97 Å². The maximum Gasteiger partial charge on any atom is 0.306 e. The molecule has 1 aromatic heterocycles. The lowest BCUT2D eigenvalue weighted by Gasteiger charge is -2.24. The Morgan fingerprint density at radius 2 is 1.83 bits per heavy atom. The molecule has 1 heterocycles. The van der Waals surface area contributed by atoms with Crippen LogP contribution in [0.3, 0.4) is 0 Å². The van der Waals surface area contributed by atoms with Crippen molar-refractivity contribution < 1.29 is 29.2 Å². The first-order valence-corrected chi connectivity index (χ1v) is 11.1. The van der Waals surface area contributed by atoms with Crippen LogP contribution in [-0.4, -0.2) is 44.6 Å². The van der Waals surface area contributed by atoms with Gasteiger partial charge in [0, 0.05) is 18.2 Å². The van der Waals surface area contributed by atoms with Crippen molar-refractivity contribution in [3.05, 3.63) is 29.8 Å². The fourth-order valence-electron chi connectivity index (χ4n) is 4.47. The van der Waals surface area contributed by atoms with Gasteiger partial charge in [-0.05, 0) is 63.9 Å². The number of hydrogen-bond acceptors (Lipinski definition) is 6. The van der Waals surface area contributed by atoms with E-state index in [0.717, 1.165) is 38.3 Å². The highest BCUT2D eigenvalue weighted by Crippen LogP contribution is 2.40. The zero-order valence-electron chi connectivity index (χ0n) is 18.0. The third-order valence-electron chi connectivity index (χ3n) is 5.99. The van der Waals surface area contributed by atoms with E-state index in [0.29, 0.717) is 25.7 Å². The summed E-state index contributed by atoms with van der Waals surface area (Å²) in [6.07, 6.45) is 6.30. The summed E-state index contributed by atoms with van der Waals surface area (Å²) in [5, 5.41) is 31.1. The number of ether oxygens (including phenoxy) is 1. The van der Waals surface area contributed by atoms with Crippen molar-refractivity contribution in [2.75, 3.05) is 0 Å². The van der Waals surface area contributed by atoms with Gasteiger partial charge >= 0.3 is 5.97 Å². The first kappa shape index (κ1) is 24.7. The third kappa shape index (κ3) is 7.60. The molecule has 1 fully saturated rings. The van der Waals surface area contributed by atoms with Gasteiger partial charge in [0.2, 0.25) is 0 Å². The van der Waals surface area contributed by atoms with E-state index in [4.69, 9.17) is 4.74 Å². The summed E-state index contributed by atoms with van der Waals surface area (Å²) in [5.41, 5.74) is 0.213. The summed E-state index contributed by atoms with van der Waals surface area (Å²) in [4.78, 5) is 15.2. The Kier molecular flexibility index (Phi) is 10.1. The predicted molar refractivity (Wildman–Crippen MR) is 111 cm³/mol. The van der Waals surface area contributed by atoms with Crippen molar-refractivity contribution in [1.82, 2.24) is 4.98 Å². The molecule has 3 N–H and O–H groups in total. The normalized spacial score (nSPS) is 24.9. The molecule has 5 atom stereocenters. The lowest BCUT2D eigenvalue weighted by Crippen LogP contribution is -2.23. The van der Waals surface area contributed by atoms with Gasteiger partial charge in [-0.3, -0.25) is 9.78 Å². The van der Waals surface area contributed by atoms with Crippen LogP contribution in [0.2, 0.25) is 0 Å². The van der Waals surface area contributed by atoms with Gasteiger partial charge in [0.05, 0.1) is 30.6 Å². The van der Waals surface area contributed by atoms with E-state index in [9.17, 15) is 24.5 Å². The molecule has 0 aliphatic heterocycles. The zero-order valence-corrected chi connectivity index (χ0v) is 18.0. The molecule has 1 aliphatic carbocycles. The Labute approximate surface area is 178 Å². The van der Waals surface area contributed by atoms with Crippen LogP contribution in [0.1, 0.15) is 83.3 Å². The minimum absolute atomic E-state index is 0.0274. The molecule has 6 nitrogen and oxygen atoms in total. The molecular weight excluding hydrogens is 389 g/mol. The molecule has 0 aromatic carbocycles. The number of unbranched alkanes of at least 4 members (excludes halogenated alkanes) is 3. The number of nitrogens with zero attached hydrogens (tertiary/aromatic N) is 1. The highest BCUT2D eigenvalue weighted by Gasteiger charge is 2.41. The average Bonchev–Trinajstić information content (AvgIpc) is 2.95. The Bertz CT molecular complexity index is 656. The number of hydrogen-bond donors (Lipinski definition) is 3. The van der Waals surface area contributed by atoms with Gasteiger partial charge in [0.25, 0.3) is 0 Å². The lowest BCUT2D eigenvalue weighted by molar-refractivity contribution is -0.147. The number of carbonyl (C=O) groups excluding carboxylic acids is 1. The van der Waals surface area contributed by atoms with Gasteiger partial charge in [-0.2, -0.15) is 0 Å². The molecule has 2 unspecified atom stereocenters. The first-order chi connectivity index (χ1) is 14.3. The van der Waals surface area contributed by atoms with E-state index >= 15 is 0 Å². The quantitative estimate of drug-likeness (QED) is 0.349. The van der Waals surface area contributed by atoms with Crippen molar-refractivity contribution in [3.8, 4) is 0 Å².